The fourth-order valence-electron chi connectivity index (χ4n) is 4.64. The summed E-state index contributed by atoms with van der Waals surface area (Å²) >= 11 is 0. The van der Waals surface area contributed by atoms with Crippen molar-refractivity contribution in [3.8, 4) is 5.75 Å². The van der Waals surface area contributed by atoms with E-state index in [0.717, 1.165) is 73.2 Å². The molecule has 1 amide bonds. The Bertz CT molecular complexity index is 1170. The molecule has 2 N–H and O–H groups in total. The predicted molar refractivity (Wildman–Crippen MR) is 134 cm³/mol. The lowest BCUT2D eigenvalue weighted by Crippen LogP contribution is -2.43. The number of nitrogens with zero attached hydrogens (tertiary/aromatic N) is 4. The number of hydrogen-bond acceptors (Lipinski definition) is 6. The fraction of sp³-hybridized carbons (Fsp3) is 0.385. The molecule has 0 radical (unpaired) electrons. The summed E-state index contributed by atoms with van der Waals surface area (Å²) in [6.07, 6.45) is 2.81. The smallest absolute Gasteiger partial charge is 0.258 e. The largest absolute Gasteiger partial charge is 0.493 e. The molecule has 0 bridgehead atoms. The van der Waals surface area contributed by atoms with E-state index >= 15 is 0 Å². The molecule has 1 aromatic heterocycles. The van der Waals surface area contributed by atoms with E-state index in [1.807, 2.05) is 67.5 Å². The van der Waals surface area contributed by atoms with Crippen molar-refractivity contribution in [2.75, 3.05) is 49.5 Å². The van der Waals surface area contributed by atoms with Crippen molar-refractivity contribution < 1.29 is 9.53 Å². The number of anilines is 3. The van der Waals surface area contributed by atoms with E-state index < -0.39 is 0 Å². The van der Waals surface area contributed by atoms with Crippen LogP contribution in [0.4, 0.5) is 17.2 Å². The van der Waals surface area contributed by atoms with Crippen LogP contribution in [-0.4, -0.2) is 59.9 Å². The maximum atomic E-state index is 13.7. The fourth-order valence-corrected chi connectivity index (χ4v) is 4.64. The van der Waals surface area contributed by atoms with Gasteiger partial charge in [0.05, 0.1) is 30.7 Å². The highest BCUT2D eigenvalue weighted by molar-refractivity contribution is 6.08. The second kappa shape index (κ2) is 9.87. The van der Waals surface area contributed by atoms with Crippen LogP contribution in [0.15, 0.2) is 48.7 Å². The van der Waals surface area contributed by atoms with Crippen molar-refractivity contribution in [3.63, 3.8) is 0 Å². The van der Waals surface area contributed by atoms with Crippen molar-refractivity contribution in [2.45, 2.75) is 19.9 Å². The summed E-state index contributed by atoms with van der Waals surface area (Å²) in [7, 11) is 1.90. The molecule has 5 rings (SSSR count). The Kier molecular flexibility index (Phi) is 6.51. The van der Waals surface area contributed by atoms with E-state index in [-0.39, 0.29) is 5.91 Å². The van der Waals surface area contributed by atoms with E-state index in [0.29, 0.717) is 18.7 Å². The lowest BCUT2D eigenvalue weighted by Gasteiger charge is -2.27. The molecule has 0 spiro atoms. The van der Waals surface area contributed by atoms with Crippen LogP contribution >= 0.6 is 0 Å². The Balaban J connectivity index is 1.29. The van der Waals surface area contributed by atoms with Crippen molar-refractivity contribution in [1.29, 1.82) is 0 Å². The average Bonchev–Trinajstić information content (AvgIpc) is 3.10. The molecule has 0 saturated carbocycles. The highest BCUT2D eigenvalue weighted by Crippen LogP contribution is 2.36. The monoisotopic (exact) mass is 460 g/mol. The summed E-state index contributed by atoms with van der Waals surface area (Å²) < 4.78 is 7.85. The summed E-state index contributed by atoms with van der Waals surface area (Å²) in [6.45, 7) is 8.51. The number of rotatable bonds is 6. The highest BCUT2D eigenvalue weighted by atomic mass is 16.5. The number of aromatic nitrogens is 2. The van der Waals surface area contributed by atoms with Crippen LogP contribution in [0.1, 0.15) is 27.9 Å². The minimum absolute atomic E-state index is 0.0423. The van der Waals surface area contributed by atoms with Crippen molar-refractivity contribution in [2.24, 2.45) is 7.05 Å². The van der Waals surface area contributed by atoms with Crippen LogP contribution in [-0.2, 0) is 13.6 Å². The zero-order chi connectivity index (χ0) is 23.5. The Morgan fingerprint density at radius 1 is 1.15 bits per heavy atom. The zero-order valence-corrected chi connectivity index (χ0v) is 19.9. The number of carbonyl (C=O) groups is 1. The van der Waals surface area contributed by atoms with Crippen molar-refractivity contribution >= 4 is 23.1 Å². The molecular weight excluding hydrogens is 428 g/mol. The number of aryl methyl sites for hydroxylation is 2. The Hall–Kier alpha value is -3.36. The van der Waals surface area contributed by atoms with Crippen LogP contribution in [0.2, 0.25) is 0 Å². The molecule has 2 aliphatic rings. The molecule has 0 unspecified atom stereocenters. The van der Waals surface area contributed by atoms with Crippen molar-refractivity contribution in [1.82, 2.24) is 20.0 Å². The zero-order valence-electron chi connectivity index (χ0n) is 19.9. The molecule has 3 heterocycles. The first-order chi connectivity index (χ1) is 16.6. The standard InChI is InChI=1S/C26H32N6O2/c1-19-16-20(8-9-24(19)34-15-5-12-31-13-10-27-11-14-31)26(33)32-18-21-17-28-30(2)25(21)29-22-6-3-4-7-23(22)32/h3-4,6-9,16-17,27,29H,5,10-15,18H2,1-2H3. The molecule has 0 aliphatic carbocycles. The van der Waals surface area contributed by atoms with Gasteiger partial charge in [-0.1, -0.05) is 12.1 Å². The van der Waals surface area contributed by atoms with E-state index in [4.69, 9.17) is 4.74 Å². The number of carbonyl (C=O) groups excluding carboxylic acids is 1. The quantitative estimate of drug-likeness (QED) is 0.550. The van der Waals surface area contributed by atoms with Crippen LogP contribution in [0, 0.1) is 6.92 Å². The second-order valence-corrected chi connectivity index (χ2v) is 8.95. The molecule has 8 heteroatoms. The minimum Gasteiger partial charge on any atom is -0.493 e. The molecule has 178 valence electrons. The molecule has 1 saturated heterocycles. The van der Waals surface area contributed by atoms with E-state index in [1.165, 1.54) is 0 Å². The van der Waals surface area contributed by atoms with Crippen LogP contribution in [0.5, 0.6) is 5.75 Å². The SMILES string of the molecule is Cc1cc(C(=O)N2Cc3cnn(C)c3Nc3ccccc32)ccc1OCCCN1CCNCC1. The van der Waals surface area contributed by atoms with Crippen LogP contribution in [0.3, 0.4) is 0 Å². The van der Waals surface area contributed by atoms with Gasteiger partial charge in [0.1, 0.15) is 11.6 Å². The summed E-state index contributed by atoms with van der Waals surface area (Å²) in [5.41, 5.74) is 4.34. The third-order valence-corrected chi connectivity index (χ3v) is 6.54. The molecular formula is C26H32N6O2. The van der Waals surface area contributed by atoms with Gasteiger partial charge in [-0.2, -0.15) is 5.10 Å². The number of piperazine rings is 1. The summed E-state index contributed by atoms with van der Waals surface area (Å²) in [5.74, 6) is 1.70. The number of fused-ring (bicyclic) bond motifs is 2. The summed E-state index contributed by atoms with van der Waals surface area (Å²) in [5, 5.41) is 11.2. The second-order valence-electron chi connectivity index (χ2n) is 8.95. The van der Waals surface area contributed by atoms with E-state index in [9.17, 15) is 4.79 Å². The Morgan fingerprint density at radius 3 is 2.79 bits per heavy atom. The van der Waals surface area contributed by atoms with Gasteiger partial charge in [-0.25, -0.2) is 0 Å². The van der Waals surface area contributed by atoms with Gasteiger partial charge in [-0.3, -0.25) is 9.48 Å². The first-order valence-corrected chi connectivity index (χ1v) is 12.0. The van der Waals surface area contributed by atoms with E-state index in [1.54, 1.807) is 4.68 Å². The highest BCUT2D eigenvalue weighted by Gasteiger charge is 2.27. The average molecular weight is 461 g/mol. The van der Waals surface area contributed by atoms with Gasteiger partial charge in [0.15, 0.2) is 0 Å². The van der Waals surface area contributed by atoms with Gasteiger partial charge in [-0.05, 0) is 49.2 Å². The van der Waals surface area contributed by atoms with Crippen LogP contribution < -0.4 is 20.3 Å². The lowest BCUT2D eigenvalue weighted by atomic mass is 10.1. The minimum atomic E-state index is -0.0423. The third-order valence-electron chi connectivity index (χ3n) is 6.54. The number of nitrogens with one attached hydrogen (secondary N) is 2. The van der Waals surface area contributed by atoms with Gasteiger partial charge in [0, 0.05) is 50.9 Å². The molecule has 8 nitrogen and oxygen atoms in total. The van der Waals surface area contributed by atoms with E-state index in [2.05, 4.69) is 20.6 Å². The first kappa shape index (κ1) is 22.4. The lowest BCUT2D eigenvalue weighted by molar-refractivity contribution is 0.0985. The van der Waals surface area contributed by atoms with Crippen LogP contribution in [0.25, 0.3) is 0 Å². The molecule has 2 aliphatic heterocycles. The summed E-state index contributed by atoms with van der Waals surface area (Å²) in [6, 6.07) is 13.6. The van der Waals surface area contributed by atoms with Gasteiger partial charge in [0.25, 0.3) is 5.91 Å². The van der Waals surface area contributed by atoms with Gasteiger partial charge < -0.3 is 25.2 Å². The predicted octanol–water partition coefficient (Wildman–Crippen LogP) is 3.31. The number of benzene rings is 2. The molecule has 1 fully saturated rings. The Labute approximate surface area is 200 Å². The molecule has 3 aromatic rings. The first-order valence-electron chi connectivity index (χ1n) is 12.0. The molecule has 0 atom stereocenters. The Morgan fingerprint density at radius 2 is 1.97 bits per heavy atom. The maximum Gasteiger partial charge on any atom is 0.258 e. The van der Waals surface area contributed by atoms with Gasteiger partial charge in [-0.15, -0.1) is 0 Å². The summed E-state index contributed by atoms with van der Waals surface area (Å²) in [4.78, 5) is 17.9. The van der Waals surface area contributed by atoms with Gasteiger partial charge in [0.2, 0.25) is 0 Å². The maximum absolute atomic E-state index is 13.7. The number of hydrogen-bond donors (Lipinski definition) is 2. The van der Waals surface area contributed by atoms with Crippen molar-refractivity contribution in [3.05, 3.63) is 65.4 Å². The number of amides is 1. The molecule has 2 aromatic carbocycles. The number of ether oxygens (including phenoxy) is 1. The normalized spacial score (nSPS) is 15.8. The topological polar surface area (TPSA) is 74.7 Å². The van der Waals surface area contributed by atoms with Gasteiger partial charge >= 0.3 is 0 Å². The molecule has 34 heavy (non-hydrogen) atoms. The number of para-hydroxylation sites is 2. The third kappa shape index (κ3) is 4.64.